The lowest BCUT2D eigenvalue weighted by molar-refractivity contribution is -0.910. The van der Waals surface area contributed by atoms with Crippen molar-refractivity contribution in [1.29, 1.82) is 0 Å². The van der Waals surface area contributed by atoms with Crippen LogP contribution in [0.15, 0.2) is 24.5 Å². The van der Waals surface area contributed by atoms with Gasteiger partial charge in [0, 0.05) is 18.0 Å². The van der Waals surface area contributed by atoms with Gasteiger partial charge in [0.05, 0.1) is 13.1 Å². The van der Waals surface area contributed by atoms with E-state index in [4.69, 9.17) is 0 Å². The summed E-state index contributed by atoms with van der Waals surface area (Å²) in [5.74, 6) is 0. The molecule has 0 unspecified atom stereocenters. The summed E-state index contributed by atoms with van der Waals surface area (Å²) in [6, 6.07) is 4.14. The largest absolute Gasteiger partial charge is 0.332 e. The van der Waals surface area contributed by atoms with Crippen LogP contribution < -0.4 is 4.90 Å². The minimum absolute atomic E-state index is 1.10. The maximum absolute atomic E-state index is 4.09. The molecule has 0 aromatic carbocycles. The van der Waals surface area contributed by atoms with Crippen molar-refractivity contribution < 1.29 is 4.90 Å². The van der Waals surface area contributed by atoms with Gasteiger partial charge in [-0.2, -0.15) is 0 Å². The Labute approximate surface area is 74.2 Å². The van der Waals surface area contributed by atoms with E-state index in [9.17, 15) is 0 Å². The molecule has 2 nitrogen and oxygen atoms in total. The molecule has 1 aromatic rings. The van der Waals surface area contributed by atoms with Gasteiger partial charge in [-0.15, -0.1) is 0 Å². The van der Waals surface area contributed by atoms with Gasteiger partial charge < -0.3 is 4.90 Å². The third kappa shape index (κ3) is 2.62. The molecule has 0 fully saturated rings. The monoisotopic (exact) mass is 165 g/mol. The van der Waals surface area contributed by atoms with Gasteiger partial charge in [-0.1, -0.05) is 6.07 Å². The second kappa shape index (κ2) is 4.88. The van der Waals surface area contributed by atoms with Crippen LogP contribution >= 0.6 is 0 Å². The van der Waals surface area contributed by atoms with Crippen LogP contribution in [-0.2, 0) is 6.54 Å². The highest BCUT2D eigenvalue weighted by Gasteiger charge is 2.02. The maximum Gasteiger partial charge on any atom is 0.104 e. The van der Waals surface area contributed by atoms with Gasteiger partial charge in [0.15, 0.2) is 0 Å². The first-order valence-corrected chi connectivity index (χ1v) is 4.59. The number of hydrogen-bond donors (Lipinski definition) is 1. The van der Waals surface area contributed by atoms with Gasteiger partial charge in [0.1, 0.15) is 6.54 Å². The zero-order valence-electron chi connectivity index (χ0n) is 7.88. The predicted octanol–water partition coefficient (Wildman–Crippen LogP) is 0.506. The SMILES string of the molecule is CC[NH+](CC)Cc1cccnc1. The standard InChI is InChI=1S/C10H16N2/c1-3-12(4-2)9-10-6-5-7-11-8-10/h5-8H,3-4,9H2,1-2H3/p+1. The van der Waals surface area contributed by atoms with Crippen molar-refractivity contribution in [2.75, 3.05) is 13.1 Å². The van der Waals surface area contributed by atoms with E-state index in [1.165, 1.54) is 18.7 Å². The lowest BCUT2D eigenvalue weighted by atomic mass is 10.2. The van der Waals surface area contributed by atoms with Gasteiger partial charge in [-0.25, -0.2) is 0 Å². The number of rotatable bonds is 4. The quantitative estimate of drug-likeness (QED) is 0.688. The van der Waals surface area contributed by atoms with E-state index in [2.05, 4.69) is 24.9 Å². The van der Waals surface area contributed by atoms with Crippen LogP contribution in [0.5, 0.6) is 0 Å². The first-order chi connectivity index (χ1) is 5.86. The molecule has 1 aromatic heterocycles. The predicted molar refractivity (Wildman–Crippen MR) is 50.0 cm³/mol. The number of hydrogen-bond acceptors (Lipinski definition) is 1. The van der Waals surface area contributed by atoms with E-state index in [1.54, 1.807) is 4.90 Å². The summed E-state index contributed by atoms with van der Waals surface area (Å²) in [5.41, 5.74) is 1.33. The Morgan fingerprint density at radius 1 is 1.33 bits per heavy atom. The Bertz CT molecular complexity index is 204. The zero-order valence-corrected chi connectivity index (χ0v) is 7.88. The molecule has 1 N–H and O–H groups in total. The summed E-state index contributed by atoms with van der Waals surface area (Å²) in [7, 11) is 0. The van der Waals surface area contributed by atoms with E-state index in [-0.39, 0.29) is 0 Å². The Kier molecular flexibility index (Phi) is 3.74. The van der Waals surface area contributed by atoms with E-state index in [1.807, 2.05) is 18.5 Å². The molecule has 66 valence electrons. The number of quaternary nitrogens is 1. The number of pyridine rings is 1. The topological polar surface area (TPSA) is 17.3 Å². The van der Waals surface area contributed by atoms with Gasteiger partial charge in [0.25, 0.3) is 0 Å². The smallest absolute Gasteiger partial charge is 0.104 e. The molecular weight excluding hydrogens is 148 g/mol. The number of nitrogens with one attached hydrogen (secondary N) is 1. The van der Waals surface area contributed by atoms with Crippen molar-refractivity contribution in [1.82, 2.24) is 4.98 Å². The second-order valence-electron chi connectivity index (χ2n) is 3.00. The summed E-state index contributed by atoms with van der Waals surface area (Å²) in [4.78, 5) is 5.69. The molecule has 0 radical (unpaired) electrons. The molecule has 0 aliphatic carbocycles. The van der Waals surface area contributed by atoms with E-state index >= 15 is 0 Å². The van der Waals surface area contributed by atoms with E-state index < -0.39 is 0 Å². The first kappa shape index (κ1) is 9.20. The number of aromatic nitrogens is 1. The van der Waals surface area contributed by atoms with Crippen LogP contribution in [0.2, 0.25) is 0 Å². The molecule has 12 heavy (non-hydrogen) atoms. The summed E-state index contributed by atoms with van der Waals surface area (Å²) in [5, 5.41) is 0. The Morgan fingerprint density at radius 3 is 2.58 bits per heavy atom. The molecule has 1 heterocycles. The summed E-state index contributed by atoms with van der Waals surface area (Å²) >= 11 is 0. The summed E-state index contributed by atoms with van der Waals surface area (Å²) in [6.07, 6.45) is 3.77. The van der Waals surface area contributed by atoms with Crippen molar-refractivity contribution in [3.63, 3.8) is 0 Å². The fourth-order valence-electron chi connectivity index (χ4n) is 1.29. The summed E-state index contributed by atoms with van der Waals surface area (Å²) in [6.45, 7) is 7.90. The minimum Gasteiger partial charge on any atom is -0.332 e. The lowest BCUT2D eigenvalue weighted by Gasteiger charge is -2.14. The highest BCUT2D eigenvalue weighted by atomic mass is 15.1. The molecule has 0 spiro atoms. The first-order valence-electron chi connectivity index (χ1n) is 4.59. The van der Waals surface area contributed by atoms with E-state index in [0.717, 1.165) is 6.54 Å². The van der Waals surface area contributed by atoms with Crippen molar-refractivity contribution in [2.24, 2.45) is 0 Å². The third-order valence-electron chi connectivity index (χ3n) is 2.18. The van der Waals surface area contributed by atoms with Gasteiger partial charge in [0.2, 0.25) is 0 Å². The van der Waals surface area contributed by atoms with Gasteiger partial charge in [-0.3, -0.25) is 4.98 Å². The van der Waals surface area contributed by atoms with Crippen LogP contribution in [0, 0.1) is 0 Å². The highest BCUT2D eigenvalue weighted by Crippen LogP contribution is 1.91. The van der Waals surface area contributed by atoms with E-state index in [0.29, 0.717) is 0 Å². The maximum atomic E-state index is 4.09. The summed E-state index contributed by atoms with van der Waals surface area (Å²) < 4.78 is 0. The highest BCUT2D eigenvalue weighted by molar-refractivity contribution is 5.06. The fourth-order valence-corrected chi connectivity index (χ4v) is 1.29. The van der Waals surface area contributed by atoms with Crippen LogP contribution in [-0.4, -0.2) is 18.1 Å². The molecule has 2 heteroatoms. The van der Waals surface area contributed by atoms with Crippen molar-refractivity contribution in [2.45, 2.75) is 20.4 Å². The van der Waals surface area contributed by atoms with Gasteiger partial charge in [-0.05, 0) is 19.9 Å². The van der Waals surface area contributed by atoms with Gasteiger partial charge >= 0.3 is 0 Å². The molecule has 0 aliphatic heterocycles. The molecule has 0 bridgehead atoms. The average Bonchev–Trinajstić information content (AvgIpc) is 2.16. The van der Waals surface area contributed by atoms with Crippen molar-refractivity contribution >= 4 is 0 Å². The molecule has 0 aliphatic rings. The molecular formula is C10H17N2+. The second-order valence-corrected chi connectivity index (χ2v) is 3.00. The van der Waals surface area contributed by atoms with Crippen LogP contribution in [0.1, 0.15) is 19.4 Å². The number of nitrogens with zero attached hydrogens (tertiary/aromatic N) is 1. The fraction of sp³-hybridized carbons (Fsp3) is 0.500. The third-order valence-corrected chi connectivity index (χ3v) is 2.18. The normalized spacial score (nSPS) is 10.6. The Hall–Kier alpha value is -0.890. The molecule has 0 saturated carbocycles. The zero-order chi connectivity index (χ0) is 8.81. The lowest BCUT2D eigenvalue weighted by Crippen LogP contribution is -3.10. The minimum atomic E-state index is 1.10. The molecule has 0 atom stereocenters. The molecule has 0 saturated heterocycles. The van der Waals surface area contributed by atoms with Crippen molar-refractivity contribution in [3.8, 4) is 0 Å². The molecule has 0 amide bonds. The van der Waals surface area contributed by atoms with Crippen LogP contribution in [0.25, 0.3) is 0 Å². The average molecular weight is 165 g/mol. The van der Waals surface area contributed by atoms with Crippen molar-refractivity contribution in [3.05, 3.63) is 30.1 Å². The van der Waals surface area contributed by atoms with Crippen LogP contribution in [0.4, 0.5) is 0 Å². The Balaban J connectivity index is 2.51. The Morgan fingerprint density at radius 2 is 2.08 bits per heavy atom. The molecule has 1 rings (SSSR count). The van der Waals surface area contributed by atoms with Crippen LogP contribution in [0.3, 0.4) is 0 Å².